The van der Waals surface area contributed by atoms with E-state index in [1.54, 1.807) is 0 Å². The van der Waals surface area contributed by atoms with E-state index in [9.17, 15) is 4.79 Å². The second kappa shape index (κ2) is 8.60. The van der Waals surface area contributed by atoms with Gasteiger partial charge in [0.15, 0.2) is 0 Å². The van der Waals surface area contributed by atoms with E-state index >= 15 is 0 Å². The summed E-state index contributed by atoms with van der Waals surface area (Å²) in [6, 6.07) is 0. The molecule has 0 heterocycles. The Balaban J connectivity index is 3.63. The van der Waals surface area contributed by atoms with Crippen molar-refractivity contribution in [1.29, 1.82) is 0 Å². The van der Waals surface area contributed by atoms with Crippen LogP contribution in [-0.4, -0.2) is 12.1 Å². The van der Waals surface area contributed by atoms with Crippen LogP contribution in [0.3, 0.4) is 0 Å². The third-order valence-corrected chi connectivity index (χ3v) is 3.29. The van der Waals surface area contributed by atoms with Crippen LogP contribution in [0.5, 0.6) is 0 Å². The molecule has 0 aromatic rings. The summed E-state index contributed by atoms with van der Waals surface area (Å²) in [5, 5.41) is 0. The van der Waals surface area contributed by atoms with Crippen molar-refractivity contribution in [2.45, 2.75) is 72.8 Å². The van der Waals surface area contributed by atoms with Gasteiger partial charge in [-0.3, -0.25) is 4.79 Å². The van der Waals surface area contributed by atoms with Crippen LogP contribution in [0, 0.1) is 11.8 Å². The summed E-state index contributed by atoms with van der Waals surface area (Å²) in [6.45, 7) is 10.2. The lowest BCUT2D eigenvalue weighted by molar-refractivity contribution is -0.147. The van der Waals surface area contributed by atoms with E-state index in [0.717, 1.165) is 12.3 Å². The van der Waals surface area contributed by atoms with Crippen molar-refractivity contribution >= 4 is 5.97 Å². The van der Waals surface area contributed by atoms with Gasteiger partial charge < -0.3 is 4.74 Å². The molecule has 0 radical (unpaired) electrons. The Morgan fingerprint density at radius 2 is 1.75 bits per heavy atom. The number of carbonyl (C=O) groups is 1. The van der Waals surface area contributed by atoms with Crippen LogP contribution in [0.4, 0.5) is 0 Å². The molecule has 16 heavy (non-hydrogen) atoms. The summed E-state index contributed by atoms with van der Waals surface area (Å²) >= 11 is 0. The van der Waals surface area contributed by atoms with Crippen molar-refractivity contribution in [2.75, 3.05) is 0 Å². The first-order valence-corrected chi connectivity index (χ1v) is 6.64. The highest BCUT2D eigenvalue weighted by Gasteiger charge is 2.14. The van der Waals surface area contributed by atoms with E-state index in [0.29, 0.717) is 5.92 Å². The normalized spacial score (nSPS) is 16.6. The molecule has 0 aromatic heterocycles. The molecule has 0 amide bonds. The largest absolute Gasteiger partial charge is 0.463 e. The van der Waals surface area contributed by atoms with Crippen LogP contribution in [0.2, 0.25) is 0 Å². The van der Waals surface area contributed by atoms with Crippen LogP contribution in [0.1, 0.15) is 66.7 Å². The second-order valence-electron chi connectivity index (χ2n) is 5.12. The molecular formula is C14H28O2. The average molecular weight is 228 g/mol. The monoisotopic (exact) mass is 228 g/mol. The predicted molar refractivity (Wildman–Crippen MR) is 68.3 cm³/mol. The van der Waals surface area contributed by atoms with E-state index in [1.807, 2.05) is 6.92 Å². The maximum atomic E-state index is 10.8. The first-order chi connectivity index (χ1) is 7.47. The molecule has 0 bridgehead atoms. The number of hydrogen-bond donors (Lipinski definition) is 0. The zero-order valence-electron chi connectivity index (χ0n) is 11.6. The maximum absolute atomic E-state index is 10.8. The lowest BCUT2D eigenvalue weighted by Gasteiger charge is -2.20. The quantitative estimate of drug-likeness (QED) is 0.582. The Kier molecular flexibility index (Phi) is 8.32. The van der Waals surface area contributed by atoms with Gasteiger partial charge in [0, 0.05) is 6.92 Å². The highest BCUT2D eigenvalue weighted by Crippen LogP contribution is 2.19. The summed E-state index contributed by atoms with van der Waals surface area (Å²) in [5.74, 6) is 1.14. The highest BCUT2D eigenvalue weighted by atomic mass is 16.5. The number of carbonyl (C=O) groups excluding carboxylic acids is 1. The van der Waals surface area contributed by atoms with Crippen molar-refractivity contribution in [2.24, 2.45) is 11.8 Å². The van der Waals surface area contributed by atoms with Crippen LogP contribution in [-0.2, 0) is 9.53 Å². The van der Waals surface area contributed by atoms with Crippen molar-refractivity contribution < 1.29 is 9.53 Å². The number of rotatable bonds is 8. The van der Waals surface area contributed by atoms with Gasteiger partial charge in [0.2, 0.25) is 0 Å². The lowest BCUT2D eigenvalue weighted by atomic mass is 9.93. The minimum atomic E-state index is -0.168. The maximum Gasteiger partial charge on any atom is 0.302 e. The highest BCUT2D eigenvalue weighted by molar-refractivity contribution is 5.66. The standard InChI is InChI=1S/C14H28O2/c1-6-8-11(2)9-7-10-12(3)13(4)16-14(5)15/h11-13H,6-10H2,1-5H3/t11-,12-,13-/m0/s1. The summed E-state index contributed by atoms with van der Waals surface area (Å²) in [5.41, 5.74) is 0. The molecule has 0 saturated carbocycles. The molecule has 0 saturated heterocycles. The van der Waals surface area contributed by atoms with Gasteiger partial charge in [-0.1, -0.05) is 46.5 Å². The average Bonchev–Trinajstić information content (AvgIpc) is 2.16. The molecule has 0 aromatic carbocycles. The molecule has 0 fully saturated rings. The zero-order valence-corrected chi connectivity index (χ0v) is 11.6. The van der Waals surface area contributed by atoms with Crippen LogP contribution in [0.25, 0.3) is 0 Å². The van der Waals surface area contributed by atoms with Gasteiger partial charge in [-0.2, -0.15) is 0 Å². The summed E-state index contributed by atoms with van der Waals surface area (Å²) in [6.07, 6.45) is 6.36. The molecule has 96 valence electrons. The number of esters is 1. The summed E-state index contributed by atoms with van der Waals surface area (Å²) in [4.78, 5) is 10.8. The molecule has 0 rings (SSSR count). The molecule has 0 spiro atoms. The molecule has 0 aliphatic heterocycles. The second-order valence-corrected chi connectivity index (χ2v) is 5.12. The zero-order chi connectivity index (χ0) is 12.6. The van der Waals surface area contributed by atoms with E-state index in [-0.39, 0.29) is 12.1 Å². The molecule has 0 unspecified atom stereocenters. The first-order valence-electron chi connectivity index (χ1n) is 6.64. The fraction of sp³-hybridized carbons (Fsp3) is 0.929. The van der Waals surface area contributed by atoms with Gasteiger partial charge in [0.25, 0.3) is 0 Å². The van der Waals surface area contributed by atoms with Crippen LogP contribution in [0.15, 0.2) is 0 Å². The molecule has 0 aliphatic rings. The SMILES string of the molecule is CCC[C@H](C)CCC[C@H](C)[C@H](C)OC(C)=O. The first kappa shape index (κ1) is 15.5. The van der Waals surface area contributed by atoms with Gasteiger partial charge >= 0.3 is 5.97 Å². The Morgan fingerprint density at radius 1 is 1.12 bits per heavy atom. The molecular weight excluding hydrogens is 200 g/mol. The fourth-order valence-electron chi connectivity index (χ4n) is 2.04. The Labute approximate surface area is 101 Å². The molecule has 3 atom stereocenters. The van der Waals surface area contributed by atoms with Gasteiger partial charge in [-0.25, -0.2) is 0 Å². The van der Waals surface area contributed by atoms with E-state index in [2.05, 4.69) is 20.8 Å². The topological polar surface area (TPSA) is 26.3 Å². The van der Waals surface area contributed by atoms with Crippen molar-refractivity contribution in [3.05, 3.63) is 0 Å². The van der Waals surface area contributed by atoms with Gasteiger partial charge in [0.05, 0.1) is 0 Å². The van der Waals surface area contributed by atoms with Gasteiger partial charge in [-0.05, 0) is 25.2 Å². The van der Waals surface area contributed by atoms with Crippen molar-refractivity contribution in [1.82, 2.24) is 0 Å². The van der Waals surface area contributed by atoms with Crippen molar-refractivity contribution in [3.63, 3.8) is 0 Å². The smallest absolute Gasteiger partial charge is 0.302 e. The van der Waals surface area contributed by atoms with Crippen LogP contribution < -0.4 is 0 Å². The van der Waals surface area contributed by atoms with E-state index in [1.165, 1.54) is 32.6 Å². The van der Waals surface area contributed by atoms with E-state index in [4.69, 9.17) is 4.74 Å². The predicted octanol–water partition coefficient (Wildman–Crippen LogP) is 4.18. The number of ether oxygens (including phenoxy) is 1. The summed E-state index contributed by atoms with van der Waals surface area (Å²) in [7, 11) is 0. The third kappa shape index (κ3) is 7.72. The lowest BCUT2D eigenvalue weighted by Crippen LogP contribution is -2.20. The Bertz CT molecular complexity index is 189. The molecule has 0 N–H and O–H groups in total. The fourth-order valence-corrected chi connectivity index (χ4v) is 2.04. The van der Waals surface area contributed by atoms with Crippen LogP contribution >= 0.6 is 0 Å². The van der Waals surface area contributed by atoms with Gasteiger partial charge in [0.1, 0.15) is 6.10 Å². The van der Waals surface area contributed by atoms with Crippen molar-refractivity contribution in [3.8, 4) is 0 Å². The molecule has 2 heteroatoms. The Morgan fingerprint density at radius 3 is 2.25 bits per heavy atom. The summed E-state index contributed by atoms with van der Waals surface area (Å²) < 4.78 is 5.18. The number of hydrogen-bond acceptors (Lipinski definition) is 2. The Hall–Kier alpha value is -0.530. The molecule has 0 aliphatic carbocycles. The molecule has 2 nitrogen and oxygen atoms in total. The minimum Gasteiger partial charge on any atom is -0.463 e. The third-order valence-electron chi connectivity index (χ3n) is 3.29. The minimum absolute atomic E-state index is 0.0546. The van der Waals surface area contributed by atoms with Gasteiger partial charge in [-0.15, -0.1) is 0 Å². The van der Waals surface area contributed by atoms with E-state index < -0.39 is 0 Å².